The van der Waals surface area contributed by atoms with E-state index in [-0.39, 0.29) is 24.9 Å². The van der Waals surface area contributed by atoms with Crippen molar-refractivity contribution >= 4 is 33.8 Å². The molecule has 2 heterocycles. The lowest BCUT2D eigenvalue weighted by molar-refractivity contribution is -0.136. The summed E-state index contributed by atoms with van der Waals surface area (Å²) in [6.45, 7) is 3.69. The summed E-state index contributed by atoms with van der Waals surface area (Å²) < 4.78 is 11.5. The van der Waals surface area contributed by atoms with E-state index in [1.165, 1.54) is 0 Å². The molecule has 4 rings (SSSR count). The summed E-state index contributed by atoms with van der Waals surface area (Å²) in [6, 6.07) is 11.7. The highest BCUT2D eigenvalue weighted by Gasteiger charge is 2.21. The predicted octanol–water partition coefficient (Wildman–Crippen LogP) is 3.96. The van der Waals surface area contributed by atoms with Gasteiger partial charge in [0.05, 0.1) is 30.1 Å². The molecule has 1 amide bonds. The first-order chi connectivity index (χ1) is 14.9. The van der Waals surface area contributed by atoms with Gasteiger partial charge in [0, 0.05) is 17.5 Å². The van der Waals surface area contributed by atoms with Gasteiger partial charge >= 0.3 is 11.6 Å². The highest BCUT2D eigenvalue weighted by atomic mass is 16.4. The first-order valence-corrected chi connectivity index (χ1v) is 9.87. The number of carboxylic acids is 1. The summed E-state index contributed by atoms with van der Waals surface area (Å²) in [7, 11) is 0. The van der Waals surface area contributed by atoms with Gasteiger partial charge in [-0.3, -0.25) is 9.59 Å². The number of hydrogen-bond acceptors (Lipinski definition) is 5. The SMILES string of the molecule is Cc1cc2oc(=O)c(CC(=O)NCCC(=O)O)c(C)c2c2occ(-c3ccccc3)c12. The van der Waals surface area contributed by atoms with Crippen LogP contribution in [-0.2, 0) is 16.0 Å². The standard InChI is InChI=1S/C24H21NO6/c1-13-10-18-22(23-21(13)17(12-30-23)15-6-4-3-5-7-15)14(2)16(24(29)31-18)11-19(26)25-9-8-20(27)28/h3-7,10,12H,8-9,11H2,1-2H3,(H,25,26)(H,27,28). The van der Waals surface area contributed by atoms with Crippen molar-refractivity contribution in [2.45, 2.75) is 26.7 Å². The number of carbonyl (C=O) groups is 2. The van der Waals surface area contributed by atoms with E-state index in [2.05, 4.69) is 5.32 Å². The van der Waals surface area contributed by atoms with Gasteiger partial charge in [-0.25, -0.2) is 4.79 Å². The van der Waals surface area contributed by atoms with E-state index in [4.69, 9.17) is 13.9 Å². The van der Waals surface area contributed by atoms with Crippen LogP contribution in [0.2, 0.25) is 0 Å². The highest BCUT2D eigenvalue weighted by Crippen LogP contribution is 2.38. The molecule has 31 heavy (non-hydrogen) atoms. The topological polar surface area (TPSA) is 110 Å². The summed E-state index contributed by atoms with van der Waals surface area (Å²) in [5.41, 5.74) is 4.11. The number of rotatable bonds is 6. The Kier molecular flexibility index (Phi) is 5.33. The number of furan rings is 1. The maximum atomic E-state index is 12.6. The Morgan fingerprint density at radius 3 is 2.55 bits per heavy atom. The van der Waals surface area contributed by atoms with E-state index < -0.39 is 17.5 Å². The lowest BCUT2D eigenvalue weighted by Crippen LogP contribution is -2.29. The van der Waals surface area contributed by atoms with Crippen LogP contribution in [0.15, 0.2) is 56.3 Å². The third-order valence-electron chi connectivity index (χ3n) is 5.37. The average molecular weight is 419 g/mol. The third kappa shape index (κ3) is 3.82. The van der Waals surface area contributed by atoms with Crippen LogP contribution in [0.1, 0.15) is 23.1 Å². The molecular weight excluding hydrogens is 398 g/mol. The van der Waals surface area contributed by atoms with Gasteiger partial charge in [0.2, 0.25) is 5.91 Å². The van der Waals surface area contributed by atoms with E-state index in [0.717, 1.165) is 22.1 Å². The molecule has 4 aromatic rings. The molecule has 0 radical (unpaired) electrons. The molecule has 0 bridgehead atoms. The molecule has 2 N–H and O–H groups in total. The average Bonchev–Trinajstić information content (AvgIpc) is 3.17. The van der Waals surface area contributed by atoms with Gasteiger partial charge in [-0.1, -0.05) is 30.3 Å². The quantitative estimate of drug-likeness (QED) is 0.458. The van der Waals surface area contributed by atoms with E-state index in [1.807, 2.05) is 43.3 Å². The molecule has 158 valence electrons. The van der Waals surface area contributed by atoms with Crippen LogP contribution < -0.4 is 10.9 Å². The van der Waals surface area contributed by atoms with Crippen LogP contribution >= 0.6 is 0 Å². The van der Waals surface area contributed by atoms with Crippen LogP contribution in [-0.4, -0.2) is 23.5 Å². The Balaban J connectivity index is 1.82. The second kappa shape index (κ2) is 8.10. The van der Waals surface area contributed by atoms with E-state index in [9.17, 15) is 14.4 Å². The first kappa shape index (κ1) is 20.4. The Morgan fingerprint density at radius 2 is 1.84 bits per heavy atom. The van der Waals surface area contributed by atoms with Crippen molar-refractivity contribution in [3.8, 4) is 11.1 Å². The summed E-state index contributed by atoms with van der Waals surface area (Å²) in [5, 5.41) is 12.8. The highest BCUT2D eigenvalue weighted by molar-refractivity contribution is 6.11. The summed E-state index contributed by atoms with van der Waals surface area (Å²) >= 11 is 0. The second-order valence-electron chi connectivity index (χ2n) is 7.45. The minimum atomic E-state index is -1.01. The smallest absolute Gasteiger partial charge is 0.340 e. The van der Waals surface area contributed by atoms with Crippen LogP contribution in [0, 0.1) is 13.8 Å². The number of carboxylic acid groups (broad SMARTS) is 1. The van der Waals surface area contributed by atoms with Crippen LogP contribution in [0.4, 0.5) is 0 Å². The summed E-state index contributed by atoms with van der Waals surface area (Å²) in [5.74, 6) is -1.45. The van der Waals surface area contributed by atoms with E-state index >= 15 is 0 Å². The molecular formula is C24H21NO6. The predicted molar refractivity (Wildman–Crippen MR) is 116 cm³/mol. The molecule has 0 unspecified atom stereocenters. The fourth-order valence-corrected chi connectivity index (χ4v) is 3.85. The Hall–Kier alpha value is -3.87. The number of fused-ring (bicyclic) bond motifs is 3. The molecule has 2 aromatic carbocycles. The summed E-state index contributed by atoms with van der Waals surface area (Å²) in [4.78, 5) is 35.4. The molecule has 0 fully saturated rings. The molecule has 2 aromatic heterocycles. The molecule has 0 aliphatic carbocycles. The minimum absolute atomic E-state index is 0.00577. The minimum Gasteiger partial charge on any atom is -0.481 e. The van der Waals surface area contributed by atoms with Crippen LogP contribution in [0.25, 0.3) is 33.1 Å². The Labute approximate surface area is 177 Å². The molecule has 0 spiro atoms. The number of aryl methyl sites for hydroxylation is 2. The maximum Gasteiger partial charge on any atom is 0.340 e. The van der Waals surface area contributed by atoms with Gasteiger partial charge in [0.25, 0.3) is 0 Å². The monoisotopic (exact) mass is 419 g/mol. The van der Waals surface area contributed by atoms with Crippen molar-refractivity contribution in [1.82, 2.24) is 5.32 Å². The van der Waals surface area contributed by atoms with E-state index in [0.29, 0.717) is 22.1 Å². The maximum absolute atomic E-state index is 12.6. The Morgan fingerprint density at radius 1 is 1.10 bits per heavy atom. The first-order valence-electron chi connectivity index (χ1n) is 9.87. The molecule has 0 saturated carbocycles. The lowest BCUT2D eigenvalue weighted by atomic mass is 9.96. The number of carbonyl (C=O) groups excluding carboxylic acids is 1. The van der Waals surface area contributed by atoms with E-state index in [1.54, 1.807) is 13.2 Å². The fraction of sp³-hybridized carbons (Fsp3) is 0.208. The lowest BCUT2D eigenvalue weighted by Gasteiger charge is -2.10. The number of nitrogens with one attached hydrogen (secondary N) is 1. The zero-order chi connectivity index (χ0) is 22.1. The van der Waals surface area contributed by atoms with Gasteiger partial charge in [0.1, 0.15) is 11.2 Å². The molecule has 0 aliphatic rings. The Bertz CT molecular complexity index is 1360. The zero-order valence-electron chi connectivity index (χ0n) is 17.2. The molecule has 7 nitrogen and oxygen atoms in total. The van der Waals surface area contributed by atoms with Crippen molar-refractivity contribution in [1.29, 1.82) is 0 Å². The number of hydrogen-bond donors (Lipinski definition) is 2. The van der Waals surface area contributed by atoms with Crippen molar-refractivity contribution < 1.29 is 23.5 Å². The van der Waals surface area contributed by atoms with Gasteiger partial charge in [-0.05, 0) is 36.6 Å². The normalized spacial score (nSPS) is 11.2. The zero-order valence-corrected chi connectivity index (χ0v) is 17.2. The summed E-state index contributed by atoms with van der Waals surface area (Å²) in [6.07, 6.45) is 1.30. The number of benzene rings is 2. The van der Waals surface area contributed by atoms with Gasteiger partial charge in [0.15, 0.2) is 0 Å². The fourth-order valence-electron chi connectivity index (χ4n) is 3.85. The van der Waals surface area contributed by atoms with Crippen molar-refractivity contribution in [3.05, 3.63) is 69.8 Å². The van der Waals surface area contributed by atoms with Crippen molar-refractivity contribution in [2.24, 2.45) is 0 Å². The second-order valence-corrected chi connectivity index (χ2v) is 7.45. The van der Waals surface area contributed by atoms with Gasteiger partial charge in [-0.2, -0.15) is 0 Å². The molecule has 0 atom stereocenters. The molecule has 0 aliphatic heterocycles. The van der Waals surface area contributed by atoms with Crippen molar-refractivity contribution in [2.75, 3.05) is 6.54 Å². The molecule has 0 saturated heterocycles. The van der Waals surface area contributed by atoms with Gasteiger partial charge in [-0.15, -0.1) is 0 Å². The van der Waals surface area contributed by atoms with Crippen LogP contribution in [0.5, 0.6) is 0 Å². The van der Waals surface area contributed by atoms with Crippen LogP contribution in [0.3, 0.4) is 0 Å². The third-order valence-corrected chi connectivity index (χ3v) is 5.37. The number of amides is 1. The van der Waals surface area contributed by atoms with Gasteiger partial charge < -0.3 is 19.3 Å². The van der Waals surface area contributed by atoms with Crippen molar-refractivity contribution in [3.63, 3.8) is 0 Å². The number of aliphatic carboxylic acids is 1. The largest absolute Gasteiger partial charge is 0.481 e. The molecule has 7 heteroatoms.